The normalized spacial score (nSPS) is 11.6. The maximum atomic E-state index is 4.81. The van der Waals surface area contributed by atoms with E-state index in [9.17, 15) is 0 Å². The third-order valence-corrected chi connectivity index (χ3v) is 3.81. The Morgan fingerprint density at radius 3 is 1.48 bits per heavy atom. The van der Waals surface area contributed by atoms with Crippen LogP contribution in [0.2, 0.25) is 0 Å². The number of hydrogen-bond acceptors (Lipinski definition) is 1. The fraction of sp³-hybridized carbons (Fsp3) is 0.0556. The van der Waals surface area contributed by atoms with Crippen molar-refractivity contribution in [3.05, 3.63) is 98.1 Å². The first-order valence-electron chi connectivity index (χ1n) is 7.98. The van der Waals surface area contributed by atoms with E-state index in [1.54, 1.807) is 4.68 Å². The van der Waals surface area contributed by atoms with Gasteiger partial charge in [0.15, 0.2) is 0 Å². The van der Waals surface area contributed by atoms with Crippen LogP contribution in [0.3, 0.4) is 0 Å². The molecular formula is C18H19N7. The summed E-state index contributed by atoms with van der Waals surface area (Å²) in [5.41, 5.74) is 0. The molecule has 0 spiro atoms. The zero-order valence-electron chi connectivity index (χ0n) is 13.9. The Balaban J connectivity index is 1.85. The third-order valence-electron chi connectivity index (χ3n) is 3.81. The van der Waals surface area contributed by atoms with Crippen molar-refractivity contribution in [1.29, 1.82) is 0 Å². The highest BCUT2D eigenvalue weighted by Gasteiger charge is 2.20. The van der Waals surface area contributed by atoms with Crippen LogP contribution in [-0.4, -0.2) is 31.7 Å². The lowest BCUT2D eigenvalue weighted by molar-refractivity contribution is 0.599. The number of nitrogens with zero attached hydrogens (tertiary/aromatic N) is 7. The number of rotatable bonds is 4. The number of guanidine groups is 1. The Morgan fingerprint density at radius 1 is 0.600 bits per heavy atom. The van der Waals surface area contributed by atoms with E-state index >= 15 is 0 Å². The van der Waals surface area contributed by atoms with E-state index in [0.717, 1.165) is 0 Å². The lowest BCUT2D eigenvalue weighted by Crippen LogP contribution is -2.54. The Hall–Kier alpha value is -3.61. The molecule has 7 heteroatoms. The van der Waals surface area contributed by atoms with Gasteiger partial charge in [0.05, 0.1) is 0 Å². The molecule has 4 rings (SSSR count). The quantitative estimate of drug-likeness (QED) is 0.425. The molecule has 4 heterocycles. The SMILES string of the molecule is CN(C(=Nn1cccc1)N(n1cccc1)n1cccc1)n1cccc1. The largest absolute Gasteiger partial charge is 0.278 e. The van der Waals surface area contributed by atoms with Gasteiger partial charge in [-0.05, 0) is 48.5 Å². The Morgan fingerprint density at radius 2 is 1.00 bits per heavy atom. The van der Waals surface area contributed by atoms with Crippen LogP contribution in [0.1, 0.15) is 0 Å². The molecule has 0 aliphatic rings. The summed E-state index contributed by atoms with van der Waals surface area (Å²) in [5.74, 6) is 0.708. The molecule has 0 N–H and O–H groups in total. The minimum Gasteiger partial charge on any atom is -0.266 e. The summed E-state index contributed by atoms with van der Waals surface area (Å²) in [6, 6.07) is 15.8. The molecule has 0 atom stereocenters. The smallest absolute Gasteiger partial charge is 0.266 e. The van der Waals surface area contributed by atoms with Crippen molar-refractivity contribution >= 4 is 5.96 Å². The first kappa shape index (κ1) is 14.9. The van der Waals surface area contributed by atoms with Gasteiger partial charge in [0.2, 0.25) is 0 Å². The van der Waals surface area contributed by atoms with Crippen molar-refractivity contribution < 1.29 is 0 Å². The summed E-state index contributed by atoms with van der Waals surface area (Å²) in [6.07, 6.45) is 15.7. The summed E-state index contributed by atoms with van der Waals surface area (Å²) < 4.78 is 7.71. The van der Waals surface area contributed by atoms with Gasteiger partial charge in [-0.1, -0.05) is 0 Å². The molecule has 126 valence electrons. The number of aromatic nitrogens is 4. The Kier molecular flexibility index (Phi) is 3.88. The van der Waals surface area contributed by atoms with Crippen molar-refractivity contribution in [3.63, 3.8) is 0 Å². The van der Waals surface area contributed by atoms with Crippen molar-refractivity contribution in [2.24, 2.45) is 5.10 Å². The molecule has 0 bridgehead atoms. The topological polar surface area (TPSA) is 38.6 Å². The van der Waals surface area contributed by atoms with Crippen LogP contribution in [0.4, 0.5) is 0 Å². The fourth-order valence-corrected chi connectivity index (χ4v) is 2.59. The highest BCUT2D eigenvalue weighted by molar-refractivity contribution is 5.96. The molecule has 0 saturated heterocycles. The van der Waals surface area contributed by atoms with Crippen LogP contribution in [0.25, 0.3) is 0 Å². The molecule has 25 heavy (non-hydrogen) atoms. The molecule has 0 fully saturated rings. The maximum Gasteiger partial charge on any atom is 0.278 e. The van der Waals surface area contributed by atoms with Crippen LogP contribution >= 0.6 is 0 Å². The molecule has 0 amide bonds. The summed E-state index contributed by atoms with van der Waals surface area (Å²) in [6.45, 7) is 0. The van der Waals surface area contributed by atoms with Crippen molar-refractivity contribution in [2.75, 3.05) is 17.2 Å². The lowest BCUT2D eigenvalue weighted by atomic mass is 10.7. The van der Waals surface area contributed by atoms with Gasteiger partial charge < -0.3 is 0 Å². The zero-order valence-corrected chi connectivity index (χ0v) is 13.9. The highest BCUT2D eigenvalue weighted by Crippen LogP contribution is 2.06. The minimum atomic E-state index is 0.708. The van der Waals surface area contributed by atoms with Crippen LogP contribution in [0, 0.1) is 0 Å². The van der Waals surface area contributed by atoms with Crippen molar-refractivity contribution in [2.45, 2.75) is 0 Å². The van der Waals surface area contributed by atoms with Crippen LogP contribution in [-0.2, 0) is 0 Å². The van der Waals surface area contributed by atoms with Gasteiger partial charge in [0.1, 0.15) is 0 Å². The second-order valence-electron chi connectivity index (χ2n) is 5.47. The Bertz CT molecular complexity index is 866. The van der Waals surface area contributed by atoms with Gasteiger partial charge in [0, 0.05) is 56.6 Å². The highest BCUT2D eigenvalue weighted by atomic mass is 15.8. The standard InChI is InChI=1S/C18H19N7/c1-20(22-12-4-5-13-22)18(19-21-10-2-3-11-21)25(23-14-6-7-15-23)24-16-8-9-17-24/h2-17H,1H3. The van der Waals surface area contributed by atoms with Gasteiger partial charge in [-0.3, -0.25) is 4.68 Å². The minimum absolute atomic E-state index is 0.708. The van der Waals surface area contributed by atoms with Gasteiger partial charge in [-0.15, -0.1) is 10.2 Å². The molecule has 0 saturated carbocycles. The van der Waals surface area contributed by atoms with E-state index in [0.29, 0.717) is 5.96 Å². The van der Waals surface area contributed by atoms with Crippen molar-refractivity contribution in [3.8, 4) is 0 Å². The molecule has 7 nitrogen and oxygen atoms in total. The molecule has 0 radical (unpaired) electrons. The predicted molar refractivity (Wildman–Crippen MR) is 98.3 cm³/mol. The van der Waals surface area contributed by atoms with E-state index in [1.807, 2.05) is 129 Å². The summed E-state index contributed by atoms with van der Waals surface area (Å²) >= 11 is 0. The predicted octanol–water partition coefficient (Wildman–Crippen LogP) is 2.38. The fourth-order valence-electron chi connectivity index (χ4n) is 2.59. The maximum absolute atomic E-state index is 4.81. The second-order valence-corrected chi connectivity index (χ2v) is 5.47. The van der Waals surface area contributed by atoms with Crippen LogP contribution in [0.5, 0.6) is 0 Å². The van der Waals surface area contributed by atoms with E-state index in [4.69, 9.17) is 5.10 Å². The van der Waals surface area contributed by atoms with Crippen molar-refractivity contribution in [1.82, 2.24) is 18.7 Å². The van der Waals surface area contributed by atoms with E-state index in [-0.39, 0.29) is 0 Å². The zero-order chi connectivity index (χ0) is 17.1. The summed E-state index contributed by atoms with van der Waals surface area (Å²) in [5, 5.41) is 8.75. The molecule has 0 aliphatic heterocycles. The van der Waals surface area contributed by atoms with Gasteiger partial charge >= 0.3 is 0 Å². The molecular weight excluding hydrogens is 314 g/mol. The average Bonchev–Trinajstić information content (AvgIpc) is 3.43. The first-order valence-corrected chi connectivity index (χ1v) is 7.98. The van der Waals surface area contributed by atoms with Gasteiger partial charge in [0.25, 0.3) is 5.96 Å². The molecule has 0 aliphatic carbocycles. The monoisotopic (exact) mass is 333 g/mol. The summed E-state index contributed by atoms with van der Waals surface area (Å²) in [4.78, 5) is 0. The molecule has 0 unspecified atom stereocenters. The third kappa shape index (κ3) is 2.94. The molecule has 0 aromatic carbocycles. The molecule has 4 aromatic rings. The van der Waals surface area contributed by atoms with Gasteiger partial charge in [-0.2, -0.15) is 0 Å². The molecule has 4 aromatic heterocycles. The van der Waals surface area contributed by atoms with E-state index < -0.39 is 0 Å². The average molecular weight is 333 g/mol. The summed E-state index contributed by atoms with van der Waals surface area (Å²) in [7, 11) is 1.97. The van der Waals surface area contributed by atoms with E-state index in [2.05, 4.69) is 0 Å². The van der Waals surface area contributed by atoms with Crippen LogP contribution in [0.15, 0.2) is 103 Å². The van der Waals surface area contributed by atoms with Crippen LogP contribution < -0.4 is 10.1 Å². The van der Waals surface area contributed by atoms with Gasteiger partial charge in [-0.25, -0.2) is 19.0 Å². The number of hydrogen-bond donors (Lipinski definition) is 0. The second kappa shape index (κ2) is 6.48. The van der Waals surface area contributed by atoms with E-state index in [1.165, 1.54) is 0 Å². The first-order chi connectivity index (χ1) is 12.3. The Labute approximate surface area is 145 Å². The lowest BCUT2D eigenvalue weighted by Gasteiger charge is -2.33.